The zero-order valence-electron chi connectivity index (χ0n) is 21.4. The number of carbonyl (C=O) groups is 5. The van der Waals surface area contributed by atoms with Crippen LogP contribution < -0.4 is 27.4 Å². The Bertz CT molecular complexity index is 1340. The maximum Gasteiger partial charge on any atom is 0.326 e. The maximum atomic E-state index is 13.1. The molecule has 40 heavy (non-hydrogen) atoms. The van der Waals surface area contributed by atoms with E-state index >= 15 is 0 Å². The summed E-state index contributed by atoms with van der Waals surface area (Å²) < 4.78 is 0. The molecule has 0 aliphatic heterocycles. The smallest absolute Gasteiger partial charge is 0.326 e. The number of aliphatic carboxylic acids is 1. The van der Waals surface area contributed by atoms with Crippen molar-refractivity contribution in [1.29, 1.82) is 0 Å². The topological polar surface area (TPSA) is 238 Å². The summed E-state index contributed by atoms with van der Waals surface area (Å²) in [5.74, 6) is -4.34. The van der Waals surface area contributed by atoms with E-state index in [9.17, 15) is 29.1 Å². The summed E-state index contributed by atoms with van der Waals surface area (Å²) in [6, 6.07) is 2.78. The van der Waals surface area contributed by atoms with Crippen LogP contribution in [0.5, 0.6) is 0 Å². The molecule has 214 valence electrons. The van der Waals surface area contributed by atoms with Crippen LogP contribution >= 0.6 is 12.6 Å². The Balaban J connectivity index is 1.66. The number of imidazole rings is 1. The van der Waals surface area contributed by atoms with Gasteiger partial charge in [-0.2, -0.15) is 12.6 Å². The molecule has 3 aromatic rings. The molecule has 4 unspecified atom stereocenters. The third kappa shape index (κ3) is 8.31. The van der Waals surface area contributed by atoms with Gasteiger partial charge in [-0.15, -0.1) is 0 Å². The number of hydrogen-bond donors (Lipinski definition) is 9. The number of thiol groups is 1. The van der Waals surface area contributed by atoms with E-state index in [1.165, 1.54) is 12.5 Å². The Morgan fingerprint density at radius 1 is 0.950 bits per heavy atom. The summed E-state index contributed by atoms with van der Waals surface area (Å²) >= 11 is 4.17. The van der Waals surface area contributed by atoms with E-state index in [0.29, 0.717) is 5.69 Å². The van der Waals surface area contributed by atoms with Crippen LogP contribution in [-0.2, 0) is 36.8 Å². The molecule has 1 aromatic carbocycles. The monoisotopic (exact) mass is 572 g/mol. The van der Waals surface area contributed by atoms with Crippen LogP contribution in [-0.4, -0.2) is 79.6 Å². The Hall–Kier alpha value is -4.37. The van der Waals surface area contributed by atoms with Crippen LogP contribution in [0, 0.1) is 0 Å². The number of amides is 4. The van der Waals surface area contributed by atoms with E-state index in [-0.39, 0.29) is 31.4 Å². The number of H-pyrrole nitrogens is 2. The Kier molecular flexibility index (Phi) is 10.7. The van der Waals surface area contributed by atoms with Gasteiger partial charge in [0, 0.05) is 47.6 Å². The van der Waals surface area contributed by atoms with Crippen molar-refractivity contribution in [2.75, 3.05) is 5.75 Å². The third-order valence-corrected chi connectivity index (χ3v) is 6.54. The minimum absolute atomic E-state index is 0.0625. The standard InChI is InChI=1S/C25H32N8O6S/c26-16(7-13-9-29-17-4-2-1-3-15(13)17)22(35)33-20(11-40)24(37)32-19(8-14-10-28-12-30-14)23(36)31-18(25(38)39)5-6-21(27)34/h1-4,9-10,12,16,18-20,29,40H,5-8,11,26H2,(H2,27,34)(H,28,30)(H,31,36)(H,32,37)(H,33,35)(H,38,39). The number of carboxylic acids is 1. The number of aromatic nitrogens is 3. The van der Waals surface area contributed by atoms with Crippen molar-refractivity contribution in [1.82, 2.24) is 30.9 Å². The molecular weight excluding hydrogens is 540 g/mol. The Morgan fingerprint density at radius 2 is 1.62 bits per heavy atom. The lowest BCUT2D eigenvalue weighted by Crippen LogP contribution is -2.58. The Labute approximate surface area is 234 Å². The molecule has 15 heteroatoms. The van der Waals surface area contributed by atoms with Crippen LogP contribution in [0.2, 0.25) is 0 Å². The number of rotatable bonds is 15. The summed E-state index contributed by atoms with van der Waals surface area (Å²) in [6.45, 7) is 0. The van der Waals surface area contributed by atoms with E-state index in [0.717, 1.165) is 16.5 Å². The van der Waals surface area contributed by atoms with Gasteiger partial charge in [-0.05, 0) is 24.5 Å². The fourth-order valence-corrected chi connectivity index (χ4v) is 4.27. The minimum atomic E-state index is -1.41. The van der Waals surface area contributed by atoms with Crippen LogP contribution in [0.1, 0.15) is 24.1 Å². The van der Waals surface area contributed by atoms with Gasteiger partial charge in [-0.25, -0.2) is 9.78 Å². The van der Waals surface area contributed by atoms with Crippen molar-refractivity contribution in [3.05, 3.63) is 54.2 Å². The summed E-state index contributed by atoms with van der Waals surface area (Å²) in [4.78, 5) is 71.5. The normalized spacial score (nSPS) is 14.1. The lowest BCUT2D eigenvalue weighted by molar-refractivity contribution is -0.142. The minimum Gasteiger partial charge on any atom is -0.480 e. The number of nitrogens with zero attached hydrogens (tertiary/aromatic N) is 1. The molecule has 0 saturated carbocycles. The number of aromatic amines is 2. The third-order valence-electron chi connectivity index (χ3n) is 6.17. The van der Waals surface area contributed by atoms with Gasteiger partial charge in [-0.1, -0.05) is 18.2 Å². The van der Waals surface area contributed by atoms with E-state index in [1.807, 2.05) is 24.3 Å². The predicted molar refractivity (Wildman–Crippen MR) is 148 cm³/mol. The molecule has 2 aromatic heterocycles. The molecule has 14 nitrogen and oxygen atoms in total. The number of para-hydroxylation sites is 1. The number of fused-ring (bicyclic) bond motifs is 1. The number of primary amides is 1. The molecule has 0 fully saturated rings. The van der Waals surface area contributed by atoms with E-state index in [4.69, 9.17) is 11.5 Å². The fourth-order valence-electron chi connectivity index (χ4n) is 4.02. The first-order valence-electron chi connectivity index (χ1n) is 12.4. The molecule has 0 aliphatic rings. The SMILES string of the molecule is NC(=O)CCC(NC(=O)C(Cc1cnc[nH]1)NC(=O)C(CS)NC(=O)C(N)Cc1c[nH]c2ccccc12)C(=O)O. The molecule has 0 bridgehead atoms. The fraction of sp³-hybridized carbons (Fsp3) is 0.360. The molecule has 0 saturated heterocycles. The largest absolute Gasteiger partial charge is 0.480 e. The van der Waals surface area contributed by atoms with Gasteiger partial charge < -0.3 is 42.5 Å². The van der Waals surface area contributed by atoms with Crippen molar-refractivity contribution in [3.63, 3.8) is 0 Å². The van der Waals surface area contributed by atoms with E-state index in [1.54, 1.807) is 6.20 Å². The van der Waals surface area contributed by atoms with Crippen LogP contribution in [0.15, 0.2) is 43.0 Å². The predicted octanol–water partition coefficient (Wildman–Crippen LogP) is -1.26. The van der Waals surface area contributed by atoms with Crippen molar-refractivity contribution >= 4 is 53.1 Å². The van der Waals surface area contributed by atoms with Crippen molar-refractivity contribution in [2.24, 2.45) is 11.5 Å². The molecule has 10 N–H and O–H groups in total. The van der Waals surface area contributed by atoms with Gasteiger partial charge in [0.15, 0.2) is 0 Å². The van der Waals surface area contributed by atoms with Gasteiger partial charge in [0.05, 0.1) is 12.4 Å². The van der Waals surface area contributed by atoms with E-state index < -0.39 is 53.8 Å². The second-order valence-corrected chi connectivity index (χ2v) is 9.53. The van der Waals surface area contributed by atoms with Gasteiger partial charge in [0.2, 0.25) is 23.6 Å². The van der Waals surface area contributed by atoms with Gasteiger partial charge in [0.25, 0.3) is 0 Å². The maximum absolute atomic E-state index is 13.1. The number of benzene rings is 1. The number of carbonyl (C=O) groups excluding carboxylic acids is 4. The zero-order chi connectivity index (χ0) is 29.2. The highest BCUT2D eigenvalue weighted by atomic mass is 32.1. The van der Waals surface area contributed by atoms with Crippen molar-refractivity contribution in [3.8, 4) is 0 Å². The second kappa shape index (κ2) is 14.1. The lowest BCUT2D eigenvalue weighted by atomic mass is 10.0. The highest BCUT2D eigenvalue weighted by Crippen LogP contribution is 2.18. The van der Waals surface area contributed by atoms with Gasteiger partial charge in [0.1, 0.15) is 18.1 Å². The first-order valence-corrected chi connectivity index (χ1v) is 13.0. The quantitative estimate of drug-likeness (QED) is 0.0993. The molecule has 0 radical (unpaired) electrons. The lowest BCUT2D eigenvalue weighted by Gasteiger charge is -2.24. The average molecular weight is 573 g/mol. The molecule has 4 amide bonds. The number of hydrogen-bond acceptors (Lipinski definition) is 8. The number of nitrogens with two attached hydrogens (primary N) is 2. The zero-order valence-corrected chi connectivity index (χ0v) is 22.3. The van der Waals surface area contributed by atoms with Crippen LogP contribution in [0.25, 0.3) is 10.9 Å². The van der Waals surface area contributed by atoms with Crippen LogP contribution in [0.4, 0.5) is 0 Å². The Morgan fingerprint density at radius 3 is 2.27 bits per heavy atom. The number of carboxylic acid groups (broad SMARTS) is 1. The molecule has 2 heterocycles. The first kappa shape index (κ1) is 30.2. The second-order valence-electron chi connectivity index (χ2n) is 9.16. The van der Waals surface area contributed by atoms with Gasteiger partial charge >= 0.3 is 5.97 Å². The van der Waals surface area contributed by atoms with Crippen molar-refractivity contribution in [2.45, 2.75) is 49.9 Å². The first-order chi connectivity index (χ1) is 19.1. The summed E-state index contributed by atoms with van der Waals surface area (Å²) in [7, 11) is 0. The highest BCUT2D eigenvalue weighted by Gasteiger charge is 2.30. The molecule has 0 spiro atoms. The molecule has 3 rings (SSSR count). The molecule has 4 atom stereocenters. The summed E-state index contributed by atoms with van der Waals surface area (Å²) in [6.07, 6.45) is 4.25. The van der Waals surface area contributed by atoms with Gasteiger partial charge in [-0.3, -0.25) is 19.2 Å². The molecular formula is C25H32N8O6S. The average Bonchev–Trinajstić information content (AvgIpc) is 3.58. The number of nitrogens with one attached hydrogen (secondary N) is 5. The molecule has 0 aliphatic carbocycles. The summed E-state index contributed by atoms with van der Waals surface area (Å²) in [5, 5.41) is 17.8. The summed E-state index contributed by atoms with van der Waals surface area (Å²) in [5.41, 5.74) is 13.4. The van der Waals surface area contributed by atoms with Crippen molar-refractivity contribution < 1.29 is 29.1 Å². The highest BCUT2D eigenvalue weighted by molar-refractivity contribution is 7.80. The van der Waals surface area contributed by atoms with Crippen LogP contribution in [0.3, 0.4) is 0 Å². The van der Waals surface area contributed by atoms with E-state index in [2.05, 4.69) is 43.5 Å².